The molecule has 1 aliphatic rings. The average Bonchev–Trinajstić information content (AvgIpc) is 3.27. The molecule has 1 fully saturated rings. The first kappa shape index (κ1) is 25.4. The summed E-state index contributed by atoms with van der Waals surface area (Å²) in [6, 6.07) is 12.3. The van der Waals surface area contributed by atoms with Crippen molar-refractivity contribution in [1.82, 2.24) is 9.88 Å². The topological polar surface area (TPSA) is 95.7 Å². The summed E-state index contributed by atoms with van der Waals surface area (Å²) in [6.07, 6.45) is 6.92. The summed E-state index contributed by atoms with van der Waals surface area (Å²) in [5.41, 5.74) is 3.03. The number of hydrogen-bond donors (Lipinski definition) is 2. The highest BCUT2D eigenvalue weighted by atomic mass is 19.1. The van der Waals surface area contributed by atoms with Crippen LogP contribution in [0, 0.1) is 18.7 Å². The van der Waals surface area contributed by atoms with Crippen molar-refractivity contribution in [2.24, 2.45) is 5.92 Å². The molecule has 1 aliphatic carbocycles. The van der Waals surface area contributed by atoms with Crippen molar-refractivity contribution < 1.29 is 23.5 Å². The lowest BCUT2D eigenvalue weighted by atomic mass is 9.81. The Morgan fingerprint density at radius 1 is 1.17 bits per heavy atom. The van der Waals surface area contributed by atoms with Crippen molar-refractivity contribution in [2.45, 2.75) is 51.5 Å². The number of benzene rings is 1. The van der Waals surface area contributed by atoms with Crippen LogP contribution in [0.1, 0.15) is 66.2 Å². The van der Waals surface area contributed by atoms with Gasteiger partial charge in [-0.1, -0.05) is 19.3 Å². The number of pyridine rings is 1. The van der Waals surface area contributed by atoms with Gasteiger partial charge in [-0.25, -0.2) is 9.37 Å². The van der Waals surface area contributed by atoms with E-state index >= 15 is 0 Å². The van der Waals surface area contributed by atoms with Crippen molar-refractivity contribution in [3.05, 3.63) is 71.4 Å². The van der Waals surface area contributed by atoms with Gasteiger partial charge in [0.15, 0.2) is 5.76 Å². The maximum absolute atomic E-state index is 13.3. The monoisotopic (exact) mass is 493 g/mol. The van der Waals surface area contributed by atoms with Gasteiger partial charge in [0, 0.05) is 30.4 Å². The van der Waals surface area contributed by atoms with E-state index in [1.165, 1.54) is 36.4 Å². The van der Waals surface area contributed by atoms with Crippen molar-refractivity contribution in [2.75, 3.05) is 18.9 Å². The highest BCUT2D eigenvalue weighted by Crippen LogP contribution is 2.40. The lowest BCUT2D eigenvalue weighted by Gasteiger charge is -2.31. The SMILES string of the molecule is Cc1oc(-c2ccc(F)cn2)cc1C(Nc1ccc(C(=O)N(C)CCC(=O)O)cc1)C1CCCCC1. The quantitative estimate of drug-likeness (QED) is 0.376. The van der Waals surface area contributed by atoms with Crippen LogP contribution in [-0.4, -0.2) is 40.5 Å². The Balaban J connectivity index is 1.55. The zero-order valence-corrected chi connectivity index (χ0v) is 20.7. The van der Waals surface area contributed by atoms with Gasteiger partial charge in [0.25, 0.3) is 5.91 Å². The Kier molecular flexibility index (Phi) is 8.03. The third-order valence-corrected chi connectivity index (χ3v) is 6.85. The molecule has 1 unspecified atom stereocenters. The number of carbonyl (C=O) groups excluding carboxylic acids is 1. The molecule has 0 radical (unpaired) electrons. The molecule has 7 nitrogen and oxygen atoms in total. The molecule has 1 saturated carbocycles. The van der Waals surface area contributed by atoms with Crippen LogP contribution in [0.3, 0.4) is 0 Å². The number of halogens is 1. The van der Waals surface area contributed by atoms with E-state index in [1.807, 2.05) is 25.1 Å². The van der Waals surface area contributed by atoms with Crippen LogP contribution < -0.4 is 5.32 Å². The number of nitrogens with zero attached hydrogens (tertiary/aromatic N) is 2. The molecule has 1 amide bonds. The standard InChI is InChI=1S/C28H32FN3O4/c1-18-23(16-25(36-18)24-13-10-21(29)17-30-24)27(19-6-4-3-5-7-19)31-22-11-8-20(9-12-22)28(35)32(2)15-14-26(33)34/h8-13,16-17,19,27,31H,3-7,14-15H2,1-2H3,(H,33,34). The molecular formula is C28H32FN3O4. The minimum Gasteiger partial charge on any atom is -0.481 e. The average molecular weight is 494 g/mol. The number of anilines is 1. The number of nitrogens with one attached hydrogen (secondary N) is 1. The first-order valence-corrected chi connectivity index (χ1v) is 12.4. The fourth-order valence-electron chi connectivity index (χ4n) is 4.84. The summed E-state index contributed by atoms with van der Waals surface area (Å²) >= 11 is 0. The van der Waals surface area contributed by atoms with Gasteiger partial charge in [-0.3, -0.25) is 9.59 Å². The number of furan rings is 1. The second-order valence-corrected chi connectivity index (χ2v) is 9.45. The molecule has 3 aromatic rings. The van der Waals surface area contributed by atoms with Gasteiger partial charge in [0.2, 0.25) is 0 Å². The van der Waals surface area contributed by atoms with E-state index in [9.17, 15) is 14.0 Å². The lowest BCUT2D eigenvalue weighted by Crippen LogP contribution is -2.29. The Morgan fingerprint density at radius 3 is 2.53 bits per heavy atom. The number of carboxylic acid groups (broad SMARTS) is 1. The number of rotatable bonds is 9. The molecule has 1 atom stereocenters. The van der Waals surface area contributed by atoms with E-state index in [0.717, 1.165) is 29.9 Å². The molecule has 36 heavy (non-hydrogen) atoms. The molecule has 2 heterocycles. The van der Waals surface area contributed by atoms with Crippen LogP contribution in [0.25, 0.3) is 11.5 Å². The highest BCUT2D eigenvalue weighted by Gasteiger charge is 2.29. The Morgan fingerprint density at radius 2 is 1.89 bits per heavy atom. The number of aliphatic carboxylic acids is 1. The largest absolute Gasteiger partial charge is 0.481 e. The van der Waals surface area contributed by atoms with Crippen LogP contribution in [0.2, 0.25) is 0 Å². The Bertz CT molecular complexity index is 1180. The molecule has 0 bridgehead atoms. The molecule has 2 N–H and O–H groups in total. The van der Waals surface area contributed by atoms with Crippen molar-refractivity contribution >= 4 is 17.6 Å². The van der Waals surface area contributed by atoms with Gasteiger partial charge >= 0.3 is 5.97 Å². The minimum absolute atomic E-state index is 0.0167. The van der Waals surface area contributed by atoms with Gasteiger partial charge in [-0.2, -0.15) is 0 Å². The predicted molar refractivity (Wildman–Crippen MR) is 135 cm³/mol. The van der Waals surface area contributed by atoms with E-state index in [1.54, 1.807) is 25.2 Å². The summed E-state index contributed by atoms with van der Waals surface area (Å²) in [5.74, 6) is 0.289. The van der Waals surface area contributed by atoms with E-state index in [2.05, 4.69) is 10.3 Å². The Hall–Kier alpha value is -3.68. The predicted octanol–water partition coefficient (Wildman–Crippen LogP) is 6.07. The van der Waals surface area contributed by atoms with Crippen LogP contribution in [-0.2, 0) is 4.79 Å². The van der Waals surface area contributed by atoms with Gasteiger partial charge in [0.05, 0.1) is 18.7 Å². The fourth-order valence-corrected chi connectivity index (χ4v) is 4.84. The molecular weight excluding hydrogens is 461 g/mol. The maximum atomic E-state index is 13.3. The van der Waals surface area contributed by atoms with Gasteiger partial charge < -0.3 is 19.7 Å². The second-order valence-electron chi connectivity index (χ2n) is 9.45. The third kappa shape index (κ3) is 6.11. The van der Waals surface area contributed by atoms with Gasteiger partial charge in [-0.05, 0) is 68.1 Å². The summed E-state index contributed by atoms with van der Waals surface area (Å²) in [7, 11) is 1.60. The number of aryl methyl sites for hydroxylation is 1. The molecule has 8 heteroatoms. The maximum Gasteiger partial charge on any atom is 0.305 e. The van der Waals surface area contributed by atoms with E-state index in [4.69, 9.17) is 9.52 Å². The van der Waals surface area contributed by atoms with Gasteiger partial charge in [-0.15, -0.1) is 0 Å². The van der Waals surface area contributed by atoms with Crippen LogP contribution >= 0.6 is 0 Å². The first-order chi connectivity index (χ1) is 17.3. The van der Waals surface area contributed by atoms with Crippen LogP contribution in [0.15, 0.2) is 53.1 Å². The fraction of sp³-hybridized carbons (Fsp3) is 0.393. The van der Waals surface area contributed by atoms with E-state index in [0.29, 0.717) is 22.9 Å². The van der Waals surface area contributed by atoms with E-state index in [-0.39, 0.29) is 30.7 Å². The number of carbonyl (C=O) groups is 2. The summed E-state index contributed by atoms with van der Waals surface area (Å²) in [6.45, 7) is 2.09. The van der Waals surface area contributed by atoms with Gasteiger partial charge in [0.1, 0.15) is 17.3 Å². The van der Waals surface area contributed by atoms with E-state index < -0.39 is 5.97 Å². The summed E-state index contributed by atoms with van der Waals surface area (Å²) in [4.78, 5) is 29.0. The number of carboxylic acids is 1. The molecule has 0 aliphatic heterocycles. The molecule has 0 saturated heterocycles. The summed E-state index contributed by atoms with van der Waals surface area (Å²) < 4.78 is 19.4. The van der Waals surface area contributed by atoms with Crippen molar-refractivity contribution in [3.63, 3.8) is 0 Å². The highest BCUT2D eigenvalue weighted by molar-refractivity contribution is 5.94. The molecule has 4 rings (SSSR count). The van der Waals surface area contributed by atoms with Crippen molar-refractivity contribution in [1.29, 1.82) is 0 Å². The third-order valence-electron chi connectivity index (χ3n) is 6.85. The number of aromatic nitrogens is 1. The molecule has 1 aromatic carbocycles. The van der Waals surface area contributed by atoms with Crippen LogP contribution in [0.5, 0.6) is 0 Å². The first-order valence-electron chi connectivity index (χ1n) is 12.4. The number of amides is 1. The smallest absolute Gasteiger partial charge is 0.305 e. The Labute approximate surface area is 210 Å². The lowest BCUT2D eigenvalue weighted by molar-refractivity contribution is -0.137. The zero-order valence-electron chi connectivity index (χ0n) is 20.7. The number of hydrogen-bond acceptors (Lipinski definition) is 5. The minimum atomic E-state index is -0.934. The summed E-state index contributed by atoms with van der Waals surface area (Å²) in [5, 5.41) is 12.5. The van der Waals surface area contributed by atoms with Crippen molar-refractivity contribution in [3.8, 4) is 11.5 Å². The normalized spacial score (nSPS) is 14.9. The second kappa shape index (κ2) is 11.4. The molecule has 0 spiro atoms. The van der Waals surface area contributed by atoms with Crippen LogP contribution in [0.4, 0.5) is 10.1 Å². The molecule has 190 valence electrons. The zero-order chi connectivity index (χ0) is 25.7. The molecule has 2 aromatic heterocycles.